The van der Waals surface area contributed by atoms with E-state index in [2.05, 4.69) is 5.10 Å². The van der Waals surface area contributed by atoms with Crippen LogP contribution in [0.5, 0.6) is 0 Å². The maximum Gasteiger partial charge on any atom is 0.354 e. The molecule has 3 rings (SSSR count). The zero-order valence-corrected chi connectivity index (χ0v) is 13.3. The summed E-state index contributed by atoms with van der Waals surface area (Å²) in [7, 11) is 0. The van der Waals surface area contributed by atoms with Crippen LogP contribution in [0.25, 0.3) is 0 Å². The van der Waals surface area contributed by atoms with E-state index in [1.54, 1.807) is 36.4 Å². The Bertz CT molecular complexity index is 823. The number of halogens is 1. The summed E-state index contributed by atoms with van der Waals surface area (Å²) in [5, 5.41) is 5.58. The molecular formula is C18H16FN3O3. The van der Waals surface area contributed by atoms with E-state index in [-0.39, 0.29) is 24.3 Å². The lowest BCUT2D eigenvalue weighted by Crippen LogP contribution is -2.39. The van der Waals surface area contributed by atoms with E-state index < -0.39 is 23.7 Å². The molecule has 6 nitrogen and oxygen atoms in total. The van der Waals surface area contributed by atoms with Gasteiger partial charge >= 0.3 is 5.97 Å². The number of carbonyl (C=O) groups excluding carboxylic acids is 2. The Morgan fingerprint density at radius 1 is 1.16 bits per heavy atom. The third-order valence-corrected chi connectivity index (χ3v) is 3.81. The number of para-hydroxylation sites is 1. The number of hydrogen-bond acceptors (Lipinski definition) is 5. The number of esters is 1. The number of hydrogen-bond donors (Lipinski definition) is 1. The second kappa shape index (κ2) is 7.12. The van der Waals surface area contributed by atoms with Gasteiger partial charge in [-0.2, -0.15) is 5.10 Å². The molecule has 1 atom stereocenters. The van der Waals surface area contributed by atoms with Crippen molar-refractivity contribution in [3.63, 3.8) is 0 Å². The number of nitrogens with two attached hydrogens (primary N) is 1. The first kappa shape index (κ1) is 16.6. The van der Waals surface area contributed by atoms with Crippen LogP contribution in [0.1, 0.15) is 12.0 Å². The Kier molecular flexibility index (Phi) is 4.74. The normalized spacial score (nSPS) is 16.4. The molecule has 0 saturated carbocycles. The number of hydrazone groups is 1. The SMILES string of the molecule is NC(=O)C1CC(C(=O)OCc2ccccc2F)=NN1c1ccccc1. The molecule has 0 spiro atoms. The highest BCUT2D eigenvalue weighted by molar-refractivity contribution is 6.38. The fourth-order valence-corrected chi connectivity index (χ4v) is 2.52. The highest BCUT2D eigenvalue weighted by Gasteiger charge is 2.35. The van der Waals surface area contributed by atoms with Crippen LogP contribution in [0.4, 0.5) is 10.1 Å². The minimum absolute atomic E-state index is 0.0420. The quantitative estimate of drug-likeness (QED) is 0.843. The standard InChI is InChI=1S/C18H16FN3O3/c19-14-9-5-4-6-12(14)11-25-18(24)15-10-16(17(20)23)22(21-15)13-7-2-1-3-8-13/h1-9,16H,10-11H2,(H2,20,23). The van der Waals surface area contributed by atoms with Crippen LogP contribution in [-0.2, 0) is 20.9 Å². The smallest absolute Gasteiger partial charge is 0.354 e. The lowest BCUT2D eigenvalue weighted by atomic mass is 10.1. The van der Waals surface area contributed by atoms with E-state index in [1.807, 2.05) is 6.07 Å². The molecule has 128 valence electrons. The van der Waals surface area contributed by atoms with E-state index in [0.29, 0.717) is 5.69 Å². The number of primary amides is 1. The molecule has 2 N–H and O–H groups in total. The van der Waals surface area contributed by atoms with Gasteiger partial charge in [0.25, 0.3) is 0 Å². The molecule has 0 fully saturated rings. The molecule has 2 aromatic rings. The molecule has 0 saturated heterocycles. The predicted molar refractivity (Wildman–Crippen MR) is 90.2 cm³/mol. The molecular weight excluding hydrogens is 325 g/mol. The van der Waals surface area contributed by atoms with Crippen LogP contribution < -0.4 is 10.7 Å². The summed E-state index contributed by atoms with van der Waals surface area (Å²) >= 11 is 0. The molecule has 7 heteroatoms. The van der Waals surface area contributed by atoms with Crippen molar-refractivity contribution in [2.24, 2.45) is 10.8 Å². The Labute approximate surface area is 143 Å². The number of nitrogens with zero attached hydrogens (tertiary/aromatic N) is 2. The van der Waals surface area contributed by atoms with Gasteiger partial charge in [-0.3, -0.25) is 9.80 Å². The van der Waals surface area contributed by atoms with Gasteiger partial charge in [0.2, 0.25) is 5.91 Å². The number of rotatable bonds is 5. The van der Waals surface area contributed by atoms with Gasteiger partial charge in [-0.05, 0) is 18.2 Å². The van der Waals surface area contributed by atoms with Crippen LogP contribution in [0, 0.1) is 5.82 Å². The molecule has 25 heavy (non-hydrogen) atoms. The second-order valence-corrected chi connectivity index (χ2v) is 5.52. The fourth-order valence-electron chi connectivity index (χ4n) is 2.52. The topological polar surface area (TPSA) is 85.0 Å². The second-order valence-electron chi connectivity index (χ2n) is 5.52. The molecule has 1 heterocycles. The number of carbonyl (C=O) groups is 2. The van der Waals surface area contributed by atoms with Gasteiger partial charge in [0.1, 0.15) is 24.2 Å². The van der Waals surface area contributed by atoms with Crippen molar-refractivity contribution < 1.29 is 18.7 Å². The van der Waals surface area contributed by atoms with Gasteiger partial charge in [-0.15, -0.1) is 0 Å². The van der Waals surface area contributed by atoms with Crippen molar-refractivity contribution in [1.82, 2.24) is 0 Å². The number of benzene rings is 2. The Morgan fingerprint density at radius 2 is 1.84 bits per heavy atom. The average Bonchev–Trinajstić information content (AvgIpc) is 3.07. The lowest BCUT2D eigenvalue weighted by Gasteiger charge is -2.20. The molecule has 0 radical (unpaired) electrons. The van der Waals surface area contributed by atoms with Crippen molar-refractivity contribution in [2.45, 2.75) is 19.1 Å². The molecule has 1 amide bonds. The van der Waals surface area contributed by atoms with Crippen molar-refractivity contribution >= 4 is 23.3 Å². The highest BCUT2D eigenvalue weighted by Crippen LogP contribution is 2.24. The number of amides is 1. The van der Waals surface area contributed by atoms with E-state index in [1.165, 1.54) is 17.1 Å². The van der Waals surface area contributed by atoms with E-state index in [0.717, 1.165) is 0 Å². The summed E-state index contributed by atoms with van der Waals surface area (Å²) < 4.78 is 18.7. The van der Waals surface area contributed by atoms with Gasteiger partial charge in [0.15, 0.2) is 0 Å². The Morgan fingerprint density at radius 3 is 2.52 bits per heavy atom. The molecule has 1 unspecified atom stereocenters. The van der Waals surface area contributed by atoms with Gasteiger partial charge in [-0.1, -0.05) is 36.4 Å². The summed E-state index contributed by atoms with van der Waals surface area (Å²) in [5.41, 5.74) is 6.40. The third-order valence-electron chi connectivity index (χ3n) is 3.81. The van der Waals surface area contributed by atoms with Gasteiger partial charge in [0, 0.05) is 12.0 Å². The van der Waals surface area contributed by atoms with Crippen molar-refractivity contribution in [2.75, 3.05) is 5.01 Å². The molecule has 0 aliphatic carbocycles. The van der Waals surface area contributed by atoms with E-state index in [9.17, 15) is 14.0 Å². The number of anilines is 1. The third kappa shape index (κ3) is 3.65. The molecule has 0 bridgehead atoms. The summed E-state index contributed by atoms with van der Waals surface area (Å²) in [6.45, 7) is -0.211. The van der Waals surface area contributed by atoms with Gasteiger partial charge < -0.3 is 10.5 Å². The largest absolute Gasteiger partial charge is 0.456 e. The average molecular weight is 341 g/mol. The zero-order valence-electron chi connectivity index (χ0n) is 13.3. The van der Waals surface area contributed by atoms with Crippen LogP contribution in [0.2, 0.25) is 0 Å². The highest BCUT2D eigenvalue weighted by atomic mass is 19.1. The maximum absolute atomic E-state index is 13.6. The fraction of sp³-hybridized carbons (Fsp3) is 0.167. The number of ether oxygens (including phenoxy) is 1. The summed E-state index contributed by atoms with van der Waals surface area (Å²) in [5.74, 6) is -1.75. The molecule has 0 aromatic heterocycles. The van der Waals surface area contributed by atoms with Crippen LogP contribution in [0.3, 0.4) is 0 Å². The zero-order chi connectivity index (χ0) is 17.8. The molecule has 2 aromatic carbocycles. The van der Waals surface area contributed by atoms with Crippen LogP contribution >= 0.6 is 0 Å². The summed E-state index contributed by atoms with van der Waals surface area (Å²) in [6.07, 6.45) is 0.0420. The molecule has 1 aliphatic rings. The first-order valence-corrected chi connectivity index (χ1v) is 7.68. The minimum atomic E-state index is -0.765. The van der Waals surface area contributed by atoms with Crippen LogP contribution in [0.15, 0.2) is 59.7 Å². The van der Waals surface area contributed by atoms with Crippen molar-refractivity contribution in [3.05, 3.63) is 66.0 Å². The maximum atomic E-state index is 13.6. The predicted octanol–water partition coefficient (Wildman–Crippen LogP) is 1.99. The monoisotopic (exact) mass is 341 g/mol. The van der Waals surface area contributed by atoms with E-state index >= 15 is 0 Å². The van der Waals surface area contributed by atoms with Gasteiger partial charge in [0.05, 0.1) is 5.69 Å². The molecule has 1 aliphatic heterocycles. The minimum Gasteiger partial charge on any atom is -0.456 e. The lowest BCUT2D eigenvalue weighted by molar-refractivity contribution is -0.136. The van der Waals surface area contributed by atoms with Crippen LogP contribution in [-0.4, -0.2) is 23.6 Å². The summed E-state index contributed by atoms with van der Waals surface area (Å²) in [6, 6.07) is 14.2. The van der Waals surface area contributed by atoms with Crippen molar-refractivity contribution in [3.8, 4) is 0 Å². The Balaban J connectivity index is 1.74. The first-order valence-electron chi connectivity index (χ1n) is 7.68. The first-order chi connectivity index (χ1) is 12.1. The summed E-state index contributed by atoms with van der Waals surface area (Å²) in [4.78, 5) is 23.9. The van der Waals surface area contributed by atoms with Gasteiger partial charge in [-0.25, -0.2) is 9.18 Å². The Hall–Kier alpha value is -3.22. The van der Waals surface area contributed by atoms with E-state index in [4.69, 9.17) is 10.5 Å². The van der Waals surface area contributed by atoms with Crippen molar-refractivity contribution in [1.29, 1.82) is 0 Å².